The van der Waals surface area contributed by atoms with Crippen molar-refractivity contribution in [3.05, 3.63) is 34.3 Å². The minimum atomic E-state index is -0.166. The van der Waals surface area contributed by atoms with Gasteiger partial charge in [0.05, 0.1) is 5.54 Å². The van der Waals surface area contributed by atoms with Gasteiger partial charge in [0.15, 0.2) is 0 Å². The van der Waals surface area contributed by atoms with Gasteiger partial charge in [-0.1, -0.05) is 28.1 Å². The topological polar surface area (TPSA) is 38.0 Å². The standard InChI is InChI=1S/C9H13BrN2/c1-9(2,12-11)7-3-5-8(10)6-4-7/h3-6,12H,11H2,1-2H3. The Morgan fingerprint density at radius 3 is 2.17 bits per heavy atom. The Morgan fingerprint density at radius 1 is 1.25 bits per heavy atom. The summed E-state index contributed by atoms with van der Waals surface area (Å²) in [7, 11) is 0. The molecule has 12 heavy (non-hydrogen) atoms. The number of benzene rings is 1. The van der Waals surface area contributed by atoms with E-state index in [9.17, 15) is 0 Å². The lowest BCUT2D eigenvalue weighted by Gasteiger charge is -2.23. The Labute approximate surface area is 81.3 Å². The van der Waals surface area contributed by atoms with Crippen LogP contribution in [0.15, 0.2) is 28.7 Å². The van der Waals surface area contributed by atoms with Gasteiger partial charge in [-0.15, -0.1) is 0 Å². The highest BCUT2D eigenvalue weighted by Gasteiger charge is 2.17. The second-order valence-electron chi connectivity index (χ2n) is 3.28. The molecule has 1 aromatic rings. The summed E-state index contributed by atoms with van der Waals surface area (Å²) in [5, 5.41) is 0. The van der Waals surface area contributed by atoms with Crippen LogP contribution in [0, 0.1) is 0 Å². The number of rotatable bonds is 2. The van der Waals surface area contributed by atoms with Gasteiger partial charge < -0.3 is 0 Å². The number of hydrogen-bond donors (Lipinski definition) is 2. The molecule has 0 bridgehead atoms. The lowest BCUT2D eigenvalue weighted by atomic mass is 9.95. The molecule has 0 aromatic heterocycles. The van der Waals surface area contributed by atoms with Crippen molar-refractivity contribution >= 4 is 15.9 Å². The Kier molecular flexibility index (Phi) is 2.88. The molecular weight excluding hydrogens is 216 g/mol. The van der Waals surface area contributed by atoms with Crippen molar-refractivity contribution in [2.24, 2.45) is 5.84 Å². The lowest BCUT2D eigenvalue weighted by Crippen LogP contribution is -2.41. The molecule has 0 heterocycles. The third kappa shape index (κ3) is 2.06. The zero-order valence-corrected chi connectivity index (χ0v) is 8.85. The van der Waals surface area contributed by atoms with E-state index in [1.165, 1.54) is 5.56 Å². The van der Waals surface area contributed by atoms with Crippen LogP contribution in [0.5, 0.6) is 0 Å². The van der Waals surface area contributed by atoms with Gasteiger partial charge in [-0.05, 0) is 31.5 Å². The Morgan fingerprint density at radius 2 is 1.75 bits per heavy atom. The van der Waals surface area contributed by atoms with Gasteiger partial charge in [0.2, 0.25) is 0 Å². The van der Waals surface area contributed by atoms with Crippen molar-refractivity contribution in [3.8, 4) is 0 Å². The number of hydrazine groups is 1. The molecule has 3 N–H and O–H groups in total. The first-order chi connectivity index (χ1) is 5.56. The number of nitrogens with one attached hydrogen (secondary N) is 1. The maximum absolute atomic E-state index is 5.41. The molecule has 1 rings (SSSR count). The van der Waals surface area contributed by atoms with E-state index in [0.717, 1.165) is 4.47 Å². The Bertz CT molecular complexity index is 254. The molecule has 0 amide bonds. The first kappa shape index (κ1) is 9.71. The molecule has 0 fully saturated rings. The van der Waals surface area contributed by atoms with Crippen LogP contribution in [0.2, 0.25) is 0 Å². The van der Waals surface area contributed by atoms with E-state index in [-0.39, 0.29) is 5.54 Å². The lowest BCUT2D eigenvalue weighted by molar-refractivity contribution is 0.414. The largest absolute Gasteiger partial charge is 0.271 e. The molecule has 0 aliphatic rings. The summed E-state index contributed by atoms with van der Waals surface area (Å²) in [4.78, 5) is 0. The summed E-state index contributed by atoms with van der Waals surface area (Å²) in [6.07, 6.45) is 0. The molecule has 0 radical (unpaired) electrons. The van der Waals surface area contributed by atoms with Gasteiger partial charge in [0.1, 0.15) is 0 Å². The van der Waals surface area contributed by atoms with Crippen molar-refractivity contribution < 1.29 is 0 Å². The molecule has 0 aliphatic heterocycles. The SMILES string of the molecule is CC(C)(NN)c1ccc(Br)cc1. The van der Waals surface area contributed by atoms with Crippen molar-refractivity contribution in [2.45, 2.75) is 19.4 Å². The minimum absolute atomic E-state index is 0.166. The van der Waals surface area contributed by atoms with Crippen molar-refractivity contribution in [2.75, 3.05) is 0 Å². The predicted molar refractivity (Wildman–Crippen MR) is 54.5 cm³/mol. The molecule has 0 unspecified atom stereocenters. The van der Waals surface area contributed by atoms with Crippen LogP contribution in [0.25, 0.3) is 0 Å². The van der Waals surface area contributed by atoms with Crippen molar-refractivity contribution in [3.63, 3.8) is 0 Å². The number of halogens is 1. The van der Waals surface area contributed by atoms with Gasteiger partial charge >= 0.3 is 0 Å². The maximum atomic E-state index is 5.41. The molecule has 0 spiro atoms. The predicted octanol–water partition coefficient (Wildman–Crippen LogP) is 2.15. The summed E-state index contributed by atoms with van der Waals surface area (Å²) in [6.45, 7) is 4.08. The van der Waals surface area contributed by atoms with Crippen LogP contribution in [0.4, 0.5) is 0 Å². The van der Waals surface area contributed by atoms with E-state index >= 15 is 0 Å². The highest BCUT2D eigenvalue weighted by molar-refractivity contribution is 9.10. The fourth-order valence-electron chi connectivity index (χ4n) is 0.950. The highest BCUT2D eigenvalue weighted by atomic mass is 79.9. The first-order valence-electron chi connectivity index (χ1n) is 3.80. The van der Waals surface area contributed by atoms with Gasteiger partial charge in [0, 0.05) is 4.47 Å². The van der Waals surface area contributed by atoms with Gasteiger partial charge in [0.25, 0.3) is 0 Å². The normalized spacial score (nSPS) is 11.7. The van der Waals surface area contributed by atoms with Gasteiger partial charge in [-0.2, -0.15) is 0 Å². The number of nitrogens with two attached hydrogens (primary N) is 1. The highest BCUT2D eigenvalue weighted by Crippen LogP contribution is 2.20. The van der Waals surface area contributed by atoms with Gasteiger partial charge in [-0.25, -0.2) is 0 Å². The quantitative estimate of drug-likeness (QED) is 0.602. The molecule has 1 aromatic carbocycles. The second-order valence-corrected chi connectivity index (χ2v) is 4.19. The minimum Gasteiger partial charge on any atom is -0.271 e. The zero-order valence-electron chi connectivity index (χ0n) is 7.26. The van der Waals surface area contributed by atoms with E-state index in [1.807, 2.05) is 38.1 Å². The monoisotopic (exact) mass is 228 g/mol. The van der Waals surface area contributed by atoms with Crippen LogP contribution < -0.4 is 11.3 Å². The molecule has 0 atom stereocenters. The van der Waals surface area contributed by atoms with Crippen LogP contribution in [-0.4, -0.2) is 0 Å². The van der Waals surface area contributed by atoms with Crippen LogP contribution in [0.3, 0.4) is 0 Å². The second kappa shape index (κ2) is 3.56. The molecule has 0 saturated heterocycles. The average Bonchev–Trinajstić information content (AvgIpc) is 2.05. The Balaban J connectivity index is 2.96. The van der Waals surface area contributed by atoms with Gasteiger partial charge in [-0.3, -0.25) is 11.3 Å². The molecule has 3 heteroatoms. The van der Waals surface area contributed by atoms with E-state index in [4.69, 9.17) is 5.84 Å². The third-order valence-electron chi connectivity index (χ3n) is 1.93. The molecule has 2 nitrogen and oxygen atoms in total. The summed E-state index contributed by atoms with van der Waals surface area (Å²) < 4.78 is 1.08. The molecular formula is C9H13BrN2. The first-order valence-corrected chi connectivity index (χ1v) is 4.59. The van der Waals surface area contributed by atoms with Crippen LogP contribution in [-0.2, 0) is 5.54 Å². The van der Waals surface area contributed by atoms with E-state index in [2.05, 4.69) is 21.4 Å². The van der Waals surface area contributed by atoms with Crippen LogP contribution in [0.1, 0.15) is 19.4 Å². The Hall–Kier alpha value is -0.380. The smallest absolute Gasteiger partial charge is 0.0513 e. The summed E-state index contributed by atoms with van der Waals surface area (Å²) in [5.41, 5.74) is 3.77. The molecule has 66 valence electrons. The zero-order chi connectivity index (χ0) is 9.19. The molecule has 0 saturated carbocycles. The summed E-state index contributed by atoms with van der Waals surface area (Å²) >= 11 is 3.38. The number of hydrogen-bond acceptors (Lipinski definition) is 2. The summed E-state index contributed by atoms with van der Waals surface area (Å²) in [5.74, 6) is 5.41. The van der Waals surface area contributed by atoms with E-state index in [1.54, 1.807) is 0 Å². The van der Waals surface area contributed by atoms with Crippen molar-refractivity contribution in [1.29, 1.82) is 0 Å². The van der Waals surface area contributed by atoms with Crippen LogP contribution >= 0.6 is 15.9 Å². The fourth-order valence-corrected chi connectivity index (χ4v) is 1.21. The average molecular weight is 229 g/mol. The fraction of sp³-hybridized carbons (Fsp3) is 0.333. The maximum Gasteiger partial charge on any atom is 0.0513 e. The van der Waals surface area contributed by atoms with Crippen molar-refractivity contribution in [1.82, 2.24) is 5.43 Å². The van der Waals surface area contributed by atoms with E-state index in [0.29, 0.717) is 0 Å². The summed E-state index contributed by atoms with van der Waals surface area (Å²) in [6, 6.07) is 8.11. The molecule has 0 aliphatic carbocycles. The van der Waals surface area contributed by atoms with E-state index < -0.39 is 0 Å². The third-order valence-corrected chi connectivity index (χ3v) is 2.46.